The van der Waals surface area contributed by atoms with Crippen LogP contribution in [0.2, 0.25) is 5.02 Å². The van der Waals surface area contributed by atoms with Gasteiger partial charge < -0.3 is 4.74 Å². The van der Waals surface area contributed by atoms with Crippen LogP contribution in [0.15, 0.2) is 48.5 Å². The number of fused-ring (bicyclic) bond motifs is 1. The number of nitrogens with one attached hydrogen (secondary N) is 1. The van der Waals surface area contributed by atoms with Crippen molar-refractivity contribution in [3.8, 4) is 0 Å². The van der Waals surface area contributed by atoms with E-state index in [1.165, 1.54) is 0 Å². The van der Waals surface area contributed by atoms with E-state index < -0.39 is 0 Å². The molecule has 96 valence electrons. The molecule has 2 aromatic carbocycles. The van der Waals surface area contributed by atoms with E-state index in [1.807, 2.05) is 42.5 Å². The predicted molar refractivity (Wildman–Crippen MR) is 72.9 cm³/mol. The third-order valence-electron chi connectivity index (χ3n) is 3.09. The van der Waals surface area contributed by atoms with Gasteiger partial charge in [-0.25, -0.2) is 4.79 Å². The first-order chi connectivity index (χ1) is 9.24. The van der Waals surface area contributed by atoms with Gasteiger partial charge in [-0.3, -0.25) is 5.32 Å². The molecule has 1 atom stereocenters. The number of carbonyl (C=O) groups is 1. The highest BCUT2D eigenvalue weighted by atomic mass is 35.5. The molecule has 4 heteroatoms. The first kappa shape index (κ1) is 12.2. The number of cyclic esters (lactones) is 1. The molecule has 0 amide bonds. The molecule has 2 aromatic rings. The van der Waals surface area contributed by atoms with Gasteiger partial charge in [0.2, 0.25) is 0 Å². The monoisotopic (exact) mass is 273 g/mol. The van der Waals surface area contributed by atoms with Crippen LogP contribution >= 0.6 is 11.6 Å². The maximum atomic E-state index is 11.7. The summed E-state index contributed by atoms with van der Waals surface area (Å²) in [5, 5.41) is 3.93. The Morgan fingerprint density at radius 2 is 1.84 bits per heavy atom. The van der Waals surface area contributed by atoms with E-state index in [2.05, 4.69) is 5.32 Å². The first-order valence-electron chi connectivity index (χ1n) is 6.02. The van der Waals surface area contributed by atoms with Gasteiger partial charge in [0.15, 0.2) is 6.23 Å². The normalized spacial score (nSPS) is 17.1. The lowest BCUT2D eigenvalue weighted by Crippen LogP contribution is -2.20. The van der Waals surface area contributed by atoms with Crippen LogP contribution in [0.3, 0.4) is 0 Å². The summed E-state index contributed by atoms with van der Waals surface area (Å²) in [6.07, 6.45) is -0.376. The summed E-state index contributed by atoms with van der Waals surface area (Å²) >= 11 is 5.84. The fourth-order valence-electron chi connectivity index (χ4n) is 2.11. The van der Waals surface area contributed by atoms with Crippen LogP contribution in [0.4, 0.5) is 0 Å². The van der Waals surface area contributed by atoms with Crippen LogP contribution in [0.5, 0.6) is 0 Å². The summed E-state index contributed by atoms with van der Waals surface area (Å²) in [6, 6.07) is 15.0. The van der Waals surface area contributed by atoms with Gasteiger partial charge in [-0.15, -0.1) is 0 Å². The Balaban J connectivity index is 1.72. The minimum Gasteiger partial charge on any atom is -0.439 e. The number of ether oxygens (including phenoxy) is 1. The highest BCUT2D eigenvalue weighted by molar-refractivity contribution is 6.30. The molecule has 1 N–H and O–H groups in total. The second kappa shape index (κ2) is 5.03. The lowest BCUT2D eigenvalue weighted by atomic mass is 10.1. The van der Waals surface area contributed by atoms with Crippen molar-refractivity contribution in [3.63, 3.8) is 0 Å². The van der Waals surface area contributed by atoms with Crippen molar-refractivity contribution in [2.75, 3.05) is 0 Å². The smallest absolute Gasteiger partial charge is 0.340 e. The zero-order chi connectivity index (χ0) is 13.2. The van der Waals surface area contributed by atoms with Crippen molar-refractivity contribution in [2.24, 2.45) is 0 Å². The number of benzene rings is 2. The van der Waals surface area contributed by atoms with Crippen LogP contribution in [0.1, 0.15) is 27.7 Å². The summed E-state index contributed by atoms with van der Waals surface area (Å²) in [5.74, 6) is -0.274. The van der Waals surface area contributed by atoms with Gasteiger partial charge in [-0.1, -0.05) is 41.9 Å². The zero-order valence-electron chi connectivity index (χ0n) is 10.1. The molecule has 1 aliphatic heterocycles. The van der Waals surface area contributed by atoms with Crippen molar-refractivity contribution in [1.29, 1.82) is 0 Å². The highest BCUT2D eigenvalue weighted by Gasteiger charge is 2.29. The quantitative estimate of drug-likeness (QED) is 0.872. The lowest BCUT2D eigenvalue weighted by molar-refractivity contribution is 0.0303. The maximum Gasteiger partial charge on any atom is 0.340 e. The Morgan fingerprint density at radius 1 is 1.11 bits per heavy atom. The number of hydrogen-bond donors (Lipinski definition) is 1. The van der Waals surface area contributed by atoms with Gasteiger partial charge in [0.1, 0.15) is 0 Å². The number of halogens is 1. The van der Waals surface area contributed by atoms with Gasteiger partial charge in [-0.2, -0.15) is 0 Å². The summed E-state index contributed by atoms with van der Waals surface area (Å²) in [4.78, 5) is 11.7. The SMILES string of the molecule is O=C1OC(NCc2ccc(Cl)cc2)c2ccccc21. The van der Waals surface area contributed by atoms with Gasteiger partial charge >= 0.3 is 5.97 Å². The molecule has 1 aliphatic rings. The number of rotatable bonds is 3. The minimum atomic E-state index is -0.376. The lowest BCUT2D eigenvalue weighted by Gasteiger charge is -2.12. The Bertz CT molecular complexity index is 610. The van der Waals surface area contributed by atoms with Crippen molar-refractivity contribution in [2.45, 2.75) is 12.8 Å². The number of hydrogen-bond acceptors (Lipinski definition) is 3. The molecule has 3 nitrogen and oxygen atoms in total. The Hall–Kier alpha value is -1.84. The molecule has 19 heavy (non-hydrogen) atoms. The van der Waals surface area contributed by atoms with E-state index in [-0.39, 0.29) is 12.2 Å². The third kappa shape index (κ3) is 2.48. The molecule has 0 saturated carbocycles. The molecule has 0 fully saturated rings. The molecule has 0 aromatic heterocycles. The Kier molecular flexibility index (Phi) is 3.23. The minimum absolute atomic E-state index is 0.274. The highest BCUT2D eigenvalue weighted by Crippen LogP contribution is 2.28. The van der Waals surface area contributed by atoms with Crippen LogP contribution in [-0.2, 0) is 11.3 Å². The maximum absolute atomic E-state index is 11.7. The first-order valence-corrected chi connectivity index (χ1v) is 6.39. The van der Waals surface area contributed by atoms with Gasteiger partial charge in [0.05, 0.1) is 5.56 Å². The van der Waals surface area contributed by atoms with Crippen molar-refractivity contribution < 1.29 is 9.53 Å². The largest absolute Gasteiger partial charge is 0.439 e. The van der Waals surface area contributed by atoms with Crippen LogP contribution in [-0.4, -0.2) is 5.97 Å². The van der Waals surface area contributed by atoms with Crippen LogP contribution < -0.4 is 5.32 Å². The van der Waals surface area contributed by atoms with E-state index in [0.717, 1.165) is 11.1 Å². The zero-order valence-corrected chi connectivity index (χ0v) is 10.9. The molecule has 3 rings (SSSR count). The van der Waals surface area contributed by atoms with Gasteiger partial charge in [0.25, 0.3) is 0 Å². The Morgan fingerprint density at radius 3 is 2.63 bits per heavy atom. The van der Waals surface area contributed by atoms with Crippen molar-refractivity contribution in [1.82, 2.24) is 5.32 Å². The fourth-order valence-corrected chi connectivity index (χ4v) is 2.24. The summed E-state index contributed by atoms with van der Waals surface area (Å²) in [7, 11) is 0. The van der Waals surface area contributed by atoms with E-state index in [4.69, 9.17) is 16.3 Å². The second-order valence-corrected chi connectivity index (χ2v) is 4.82. The third-order valence-corrected chi connectivity index (χ3v) is 3.34. The van der Waals surface area contributed by atoms with E-state index >= 15 is 0 Å². The second-order valence-electron chi connectivity index (χ2n) is 4.38. The molecule has 1 unspecified atom stereocenters. The van der Waals surface area contributed by atoms with Gasteiger partial charge in [-0.05, 0) is 23.8 Å². The predicted octanol–water partition coefficient (Wildman–Crippen LogP) is 3.30. The average molecular weight is 274 g/mol. The summed E-state index contributed by atoms with van der Waals surface area (Å²) in [5.41, 5.74) is 2.61. The van der Waals surface area contributed by atoms with Gasteiger partial charge in [0, 0.05) is 17.1 Å². The molecule has 0 spiro atoms. The summed E-state index contributed by atoms with van der Waals surface area (Å²) < 4.78 is 5.30. The van der Waals surface area contributed by atoms with Crippen LogP contribution in [0, 0.1) is 0 Å². The van der Waals surface area contributed by atoms with Crippen molar-refractivity contribution >= 4 is 17.6 Å². The van der Waals surface area contributed by atoms with E-state index in [9.17, 15) is 4.79 Å². The molecule has 0 saturated heterocycles. The van der Waals surface area contributed by atoms with Crippen LogP contribution in [0.25, 0.3) is 0 Å². The molecule has 1 heterocycles. The molecule has 0 bridgehead atoms. The topological polar surface area (TPSA) is 38.3 Å². The average Bonchev–Trinajstić information content (AvgIpc) is 2.76. The van der Waals surface area contributed by atoms with E-state index in [1.54, 1.807) is 6.07 Å². The standard InChI is InChI=1S/C15H12ClNO2/c16-11-7-5-10(6-8-11)9-17-14-12-3-1-2-4-13(12)15(18)19-14/h1-8,14,17H,9H2. The molecular weight excluding hydrogens is 262 g/mol. The number of esters is 1. The Labute approximate surface area is 116 Å². The fraction of sp³-hybridized carbons (Fsp3) is 0.133. The molecule has 0 radical (unpaired) electrons. The van der Waals surface area contributed by atoms with E-state index in [0.29, 0.717) is 17.1 Å². The molecular formula is C15H12ClNO2. The summed E-state index contributed by atoms with van der Waals surface area (Å²) in [6.45, 7) is 0.615. The number of carbonyl (C=O) groups excluding carboxylic acids is 1. The molecule has 0 aliphatic carbocycles. The van der Waals surface area contributed by atoms with Crippen molar-refractivity contribution in [3.05, 3.63) is 70.2 Å².